The third-order valence-electron chi connectivity index (χ3n) is 5.15. The first-order valence-electron chi connectivity index (χ1n) is 9.74. The average molecular weight is 409 g/mol. The van der Waals surface area contributed by atoms with Crippen molar-refractivity contribution in [2.45, 2.75) is 32.5 Å². The molecule has 0 saturated heterocycles. The number of methoxy groups -OCH3 is 1. The smallest absolute Gasteiger partial charge is 0.323 e. The van der Waals surface area contributed by atoms with Crippen molar-refractivity contribution in [2.24, 2.45) is 0 Å². The zero-order valence-electron chi connectivity index (χ0n) is 16.6. The van der Waals surface area contributed by atoms with Crippen LogP contribution in [0, 0.1) is 0 Å². The molecule has 1 aliphatic heterocycles. The van der Waals surface area contributed by atoms with Crippen molar-refractivity contribution in [3.63, 3.8) is 0 Å². The number of benzene rings is 2. The van der Waals surface area contributed by atoms with Crippen molar-refractivity contribution in [3.05, 3.63) is 70.7 Å². The maximum atomic E-state index is 12.4. The molecule has 6 heteroatoms. The Kier molecular flexibility index (Phi) is 5.92. The Hall–Kier alpha value is -2.70. The molecule has 4 rings (SSSR count). The molecule has 0 spiro atoms. The van der Waals surface area contributed by atoms with Gasteiger partial charge in [0.1, 0.15) is 16.8 Å². The first kappa shape index (κ1) is 19.6. The van der Waals surface area contributed by atoms with E-state index in [1.54, 1.807) is 11.3 Å². The molecule has 0 N–H and O–H groups in total. The van der Waals surface area contributed by atoms with E-state index in [9.17, 15) is 4.79 Å². The number of carbonyl (C=O) groups excluding carboxylic acids is 1. The van der Waals surface area contributed by atoms with Crippen LogP contribution in [-0.2, 0) is 29.0 Å². The molecular formula is C23H24N2O3S. The van der Waals surface area contributed by atoms with Crippen LogP contribution in [0.5, 0.6) is 5.75 Å². The summed E-state index contributed by atoms with van der Waals surface area (Å²) >= 11 is 1.62. The minimum absolute atomic E-state index is 0.193. The highest BCUT2D eigenvalue weighted by atomic mass is 32.1. The molecule has 1 aromatic heterocycles. The maximum Gasteiger partial charge on any atom is 0.323 e. The molecule has 2 aromatic carbocycles. The van der Waals surface area contributed by atoms with Gasteiger partial charge in [-0.05, 0) is 48.7 Å². The number of carbonyl (C=O) groups is 1. The molecule has 1 unspecified atom stereocenters. The van der Waals surface area contributed by atoms with E-state index in [4.69, 9.17) is 14.5 Å². The number of hydrogen-bond acceptors (Lipinski definition) is 6. The Morgan fingerprint density at radius 3 is 2.66 bits per heavy atom. The van der Waals surface area contributed by atoms with E-state index in [-0.39, 0.29) is 12.0 Å². The molecule has 29 heavy (non-hydrogen) atoms. The van der Waals surface area contributed by atoms with E-state index in [0.29, 0.717) is 26.1 Å². The van der Waals surface area contributed by atoms with Gasteiger partial charge in [0.25, 0.3) is 0 Å². The number of aromatic nitrogens is 1. The second-order valence-corrected chi connectivity index (χ2v) is 7.88. The van der Waals surface area contributed by atoms with E-state index in [1.165, 1.54) is 18.2 Å². The largest absolute Gasteiger partial charge is 0.494 e. The molecule has 0 amide bonds. The molecule has 0 bridgehead atoms. The Morgan fingerprint density at radius 2 is 1.93 bits per heavy atom. The van der Waals surface area contributed by atoms with Crippen molar-refractivity contribution in [1.82, 2.24) is 9.88 Å². The summed E-state index contributed by atoms with van der Waals surface area (Å²) < 4.78 is 10.6. The number of nitrogens with zero attached hydrogens (tertiary/aromatic N) is 2. The van der Waals surface area contributed by atoms with Gasteiger partial charge in [0.2, 0.25) is 0 Å². The molecule has 3 aromatic rings. The van der Waals surface area contributed by atoms with Crippen molar-refractivity contribution >= 4 is 17.3 Å². The Balaban J connectivity index is 1.52. The number of fused-ring (bicyclic) bond motifs is 1. The topological polar surface area (TPSA) is 51.7 Å². The predicted octanol–water partition coefficient (Wildman–Crippen LogP) is 4.31. The second-order valence-electron chi connectivity index (χ2n) is 7.02. The summed E-state index contributed by atoms with van der Waals surface area (Å²) in [7, 11) is 1.45. The van der Waals surface area contributed by atoms with Gasteiger partial charge in [-0.25, -0.2) is 4.98 Å². The summed E-state index contributed by atoms with van der Waals surface area (Å²) in [6.45, 7) is 3.95. The Labute approximate surface area is 174 Å². The minimum atomic E-state index is -0.287. The highest BCUT2D eigenvalue weighted by Crippen LogP contribution is 2.29. The third-order valence-corrected chi connectivity index (χ3v) is 6.09. The summed E-state index contributed by atoms with van der Waals surface area (Å²) in [5.41, 5.74) is 4.51. The van der Waals surface area contributed by atoms with Crippen LogP contribution in [-0.4, -0.2) is 35.6 Å². The van der Waals surface area contributed by atoms with Crippen LogP contribution in [0.1, 0.15) is 23.7 Å². The van der Waals surface area contributed by atoms with Crippen molar-refractivity contribution in [3.8, 4) is 16.3 Å². The van der Waals surface area contributed by atoms with E-state index >= 15 is 0 Å². The van der Waals surface area contributed by atoms with Crippen LogP contribution in [0.4, 0.5) is 0 Å². The number of rotatable bonds is 6. The average Bonchev–Trinajstić information content (AvgIpc) is 3.22. The molecule has 0 aliphatic carbocycles. The number of hydrogen-bond donors (Lipinski definition) is 0. The molecule has 150 valence electrons. The molecule has 1 atom stereocenters. The van der Waals surface area contributed by atoms with E-state index in [1.807, 2.05) is 43.3 Å². The monoisotopic (exact) mass is 408 g/mol. The van der Waals surface area contributed by atoms with Gasteiger partial charge in [-0.3, -0.25) is 9.69 Å². The van der Waals surface area contributed by atoms with Gasteiger partial charge >= 0.3 is 5.97 Å². The number of thiazole rings is 1. The fraction of sp³-hybridized carbons (Fsp3) is 0.304. The maximum absolute atomic E-state index is 12.4. The van der Waals surface area contributed by atoms with Gasteiger partial charge in [-0.2, -0.15) is 0 Å². The summed E-state index contributed by atoms with van der Waals surface area (Å²) in [5, 5.41) is 3.04. The van der Waals surface area contributed by atoms with Crippen molar-refractivity contribution < 1.29 is 14.3 Å². The first-order valence-corrected chi connectivity index (χ1v) is 10.6. The lowest BCUT2D eigenvalue weighted by Crippen LogP contribution is -2.45. The molecule has 2 heterocycles. The van der Waals surface area contributed by atoms with Crippen LogP contribution in [0.15, 0.2) is 53.9 Å². The van der Waals surface area contributed by atoms with Crippen molar-refractivity contribution in [1.29, 1.82) is 0 Å². The van der Waals surface area contributed by atoms with E-state index < -0.39 is 0 Å². The van der Waals surface area contributed by atoms with Gasteiger partial charge < -0.3 is 9.47 Å². The van der Waals surface area contributed by atoms with Crippen LogP contribution in [0.3, 0.4) is 0 Å². The number of ether oxygens (including phenoxy) is 2. The van der Waals surface area contributed by atoms with E-state index in [2.05, 4.69) is 22.4 Å². The Bertz CT molecular complexity index is 984. The summed E-state index contributed by atoms with van der Waals surface area (Å²) in [5.74, 6) is 0.669. The van der Waals surface area contributed by atoms with Gasteiger partial charge in [-0.15, -0.1) is 11.3 Å². The van der Waals surface area contributed by atoms with Gasteiger partial charge in [0, 0.05) is 24.0 Å². The lowest BCUT2D eigenvalue weighted by atomic mass is 9.94. The van der Waals surface area contributed by atoms with Gasteiger partial charge in [0.15, 0.2) is 0 Å². The zero-order chi connectivity index (χ0) is 20.2. The van der Waals surface area contributed by atoms with Gasteiger partial charge in [-0.1, -0.05) is 24.3 Å². The SMILES string of the molecule is CCOc1ccc(-c2nc(CN3Cc4ccccc4CC3C(=O)OC)cs2)cc1. The molecule has 0 fully saturated rings. The minimum Gasteiger partial charge on any atom is -0.494 e. The van der Waals surface area contributed by atoms with Crippen molar-refractivity contribution in [2.75, 3.05) is 13.7 Å². The fourth-order valence-electron chi connectivity index (χ4n) is 3.69. The molecule has 0 saturated carbocycles. The Morgan fingerprint density at radius 1 is 1.17 bits per heavy atom. The summed E-state index contributed by atoms with van der Waals surface area (Å²) in [6.07, 6.45) is 0.665. The highest BCUT2D eigenvalue weighted by Gasteiger charge is 2.32. The lowest BCUT2D eigenvalue weighted by molar-refractivity contribution is -0.148. The predicted molar refractivity (Wildman–Crippen MR) is 114 cm³/mol. The molecular weight excluding hydrogens is 384 g/mol. The highest BCUT2D eigenvalue weighted by molar-refractivity contribution is 7.13. The normalized spacial score (nSPS) is 16.3. The van der Waals surface area contributed by atoms with Crippen LogP contribution >= 0.6 is 11.3 Å². The first-order chi connectivity index (χ1) is 14.2. The fourth-order valence-corrected chi connectivity index (χ4v) is 4.51. The zero-order valence-corrected chi connectivity index (χ0v) is 17.4. The van der Waals surface area contributed by atoms with Crippen LogP contribution in [0.2, 0.25) is 0 Å². The summed E-state index contributed by atoms with van der Waals surface area (Å²) in [4.78, 5) is 19.4. The van der Waals surface area contributed by atoms with Crippen LogP contribution < -0.4 is 4.74 Å². The van der Waals surface area contributed by atoms with Gasteiger partial charge in [0.05, 0.1) is 19.4 Å². The number of esters is 1. The summed E-state index contributed by atoms with van der Waals surface area (Å²) in [6, 6.07) is 16.0. The van der Waals surface area contributed by atoms with E-state index in [0.717, 1.165) is 22.0 Å². The second kappa shape index (κ2) is 8.76. The molecule has 1 aliphatic rings. The standard InChI is InChI=1S/C23H24N2O3S/c1-3-28-20-10-8-16(9-11-20)22-24-19(15-29-22)14-25-13-18-7-5-4-6-17(18)12-21(25)23(26)27-2/h4-11,15,21H,3,12-14H2,1-2H3. The molecule has 5 nitrogen and oxygen atoms in total. The van der Waals surface area contributed by atoms with Crippen LogP contribution in [0.25, 0.3) is 10.6 Å². The quantitative estimate of drug-likeness (QED) is 0.569. The third kappa shape index (κ3) is 4.33. The molecule has 0 radical (unpaired) electrons. The lowest BCUT2D eigenvalue weighted by Gasteiger charge is -2.34.